The summed E-state index contributed by atoms with van der Waals surface area (Å²) in [5, 5.41) is 10.0. The molecule has 0 spiro atoms. The molecule has 1 aliphatic rings. The summed E-state index contributed by atoms with van der Waals surface area (Å²) in [6.07, 6.45) is 1.47. The van der Waals surface area contributed by atoms with Gasteiger partial charge in [-0.05, 0) is 6.92 Å². The van der Waals surface area contributed by atoms with E-state index in [1.807, 2.05) is 37.3 Å². The van der Waals surface area contributed by atoms with Crippen LogP contribution in [0.4, 0.5) is 5.00 Å². The molecule has 5 nitrogen and oxygen atoms in total. The van der Waals surface area contributed by atoms with Crippen LogP contribution in [0.3, 0.4) is 0 Å². The van der Waals surface area contributed by atoms with E-state index in [9.17, 15) is 14.7 Å². The van der Waals surface area contributed by atoms with Crippen LogP contribution in [0.2, 0.25) is 0 Å². The zero-order valence-corrected chi connectivity index (χ0v) is 12.1. The highest BCUT2D eigenvalue weighted by molar-refractivity contribution is 7.10. The summed E-state index contributed by atoms with van der Waals surface area (Å²) in [7, 11) is 0. The van der Waals surface area contributed by atoms with Crippen molar-refractivity contribution >= 4 is 28.3 Å². The number of benzene rings is 1. The van der Waals surface area contributed by atoms with Crippen molar-refractivity contribution in [1.29, 1.82) is 0 Å². The summed E-state index contributed by atoms with van der Waals surface area (Å²) in [6, 6.07) is 9.36. The van der Waals surface area contributed by atoms with Gasteiger partial charge in [0.05, 0.1) is 6.54 Å². The van der Waals surface area contributed by atoms with Gasteiger partial charge in [0.25, 0.3) is 0 Å². The summed E-state index contributed by atoms with van der Waals surface area (Å²) < 4.78 is 4.38. The number of hydrogen-bond acceptors (Lipinski definition) is 4. The summed E-state index contributed by atoms with van der Waals surface area (Å²) >= 11 is 1.25. The van der Waals surface area contributed by atoms with Gasteiger partial charge in [0.15, 0.2) is 5.57 Å². The normalized spacial score (nSPS) is 17.3. The third kappa shape index (κ3) is 2.18. The fraction of sp³-hybridized carbons (Fsp3) is 0.133. The van der Waals surface area contributed by atoms with Crippen molar-refractivity contribution in [3.63, 3.8) is 0 Å². The number of carboxylic acids is 1. The quantitative estimate of drug-likeness (QED) is 0.843. The third-order valence-corrected chi connectivity index (χ3v) is 4.36. The van der Waals surface area contributed by atoms with Gasteiger partial charge < -0.3 is 5.11 Å². The lowest BCUT2D eigenvalue weighted by molar-refractivity contribution is -0.770. The maximum atomic E-state index is 12.5. The Balaban J connectivity index is 2.19. The summed E-state index contributed by atoms with van der Waals surface area (Å²) in [4.78, 5) is 24.6. The van der Waals surface area contributed by atoms with Crippen molar-refractivity contribution in [3.05, 3.63) is 47.7 Å². The van der Waals surface area contributed by atoms with Crippen LogP contribution < -0.4 is 4.90 Å². The lowest BCUT2D eigenvalue weighted by Crippen LogP contribution is -3.02. The standard InChI is InChI=1S/C15H12N2O3S/c1-2-17-8-10(15(19)20)13(18)11-12(16-21-14(11)17)9-6-4-3-5-7-9/h3-8H,2H2,1H3,(H,19,20)/p+1. The van der Waals surface area contributed by atoms with E-state index >= 15 is 0 Å². The Morgan fingerprint density at radius 3 is 2.67 bits per heavy atom. The first kappa shape index (κ1) is 13.7. The molecule has 2 N–H and O–H groups in total. The summed E-state index contributed by atoms with van der Waals surface area (Å²) in [5.41, 5.74) is 1.63. The van der Waals surface area contributed by atoms with Gasteiger partial charge in [-0.15, -0.1) is 0 Å². The molecule has 0 saturated carbocycles. The minimum atomic E-state index is -1.19. The number of nitrogens with zero attached hydrogens (tertiary/aromatic N) is 1. The Hall–Kier alpha value is -2.31. The van der Waals surface area contributed by atoms with Crippen LogP contribution in [-0.2, 0) is 4.79 Å². The fourth-order valence-electron chi connectivity index (χ4n) is 2.37. The van der Waals surface area contributed by atoms with Crippen LogP contribution >= 0.6 is 11.5 Å². The SMILES string of the molecule is CC[NH+]1C=C(C(=O)O)C(=O)c2c(-c3ccccc3)nsc21. The van der Waals surface area contributed by atoms with Gasteiger partial charge in [-0.25, -0.2) is 4.79 Å². The summed E-state index contributed by atoms with van der Waals surface area (Å²) in [6.45, 7) is 2.60. The topological polar surface area (TPSA) is 71.7 Å². The molecule has 0 fully saturated rings. The highest BCUT2D eigenvalue weighted by atomic mass is 32.1. The van der Waals surface area contributed by atoms with Crippen molar-refractivity contribution in [1.82, 2.24) is 4.37 Å². The maximum absolute atomic E-state index is 12.5. The van der Waals surface area contributed by atoms with Crippen LogP contribution in [-0.4, -0.2) is 27.8 Å². The Kier molecular flexibility index (Phi) is 3.40. The minimum absolute atomic E-state index is 0.184. The zero-order chi connectivity index (χ0) is 15.0. The number of hydrogen-bond donors (Lipinski definition) is 2. The van der Waals surface area contributed by atoms with Crippen molar-refractivity contribution < 1.29 is 19.6 Å². The number of fused-ring (bicyclic) bond motifs is 1. The highest BCUT2D eigenvalue weighted by Gasteiger charge is 2.37. The first-order valence-electron chi connectivity index (χ1n) is 6.54. The second-order valence-electron chi connectivity index (χ2n) is 4.67. The lowest BCUT2D eigenvalue weighted by Gasteiger charge is -2.17. The molecule has 21 heavy (non-hydrogen) atoms. The Bertz CT molecular complexity index is 750. The molecule has 2 aromatic rings. The van der Waals surface area contributed by atoms with E-state index in [0.717, 1.165) is 15.5 Å². The molecular formula is C15H13N2O3S+. The molecule has 0 aliphatic carbocycles. The van der Waals surface area contributed by atoms with Crippen LogP contribution in [0, 0.1) is 0 Å². The number of nitrogens with one attached hydrogen (secondary N) is 1. The number of Topliss-reactive ketones (excluding diaryl/α,β-unsaturated/α-hetero) is 1. The number of aliphatic carboxylic acids is 1. The van der Waals surface area contributed by atoms with Crippen molar-refractivity contribution in [2.24, 2.45) is 0 Å². The highest BCUT2D eigenvalue weighted by Crippen LogP contribution is 2.33. The first-order valence-corrected chi connectivity index (χ1v) is 7.31. The van der Waals surface area contributed by atoms with Gasteiger partial charge in [0.2, 0.25) is 10.8 Å². The molecule has 1 atom stereocenters. The van der Waals surface area contributed by atoms with Crippen LogP contribution in [0.15, 0.2) is 42.1 Å². The molecule has 1 unspecified atom stereocenters. The van der Waals surface area contributed by atoms with E-state index in [4.69, 9.17) is 0 Å². The summed E-state index contributed by atoms with van der Waals surface area (Å²) in [5.74, 6) is -1.65. The second-order valence-corrected chi connectivity index (χ2v) is 5.45. The molecule has 3 rings (SSSR count). The van der Waals surface area contributed by atoms with E-state index in [2.05, 4.69) is 4.37 Å². The maximum Gasteiger partial charge on any atom is 0.345 e. The van der Waals surface area contributed by atoms with E-state index in [1.54, 1.807) is 0 Å². The number of carboxylic acid groups (broad SMARTS) is 1. The number of rotatable bonds is 3. The van der Waals surface area contributed by atoms with Crippen molar-refractivity contribution in [2.45, 2.75) is 6.92 Å². The molecule has 2 heterocycles. The van der Waals surface area contributed by atoms with Crippen molar-refractivity contribution in [2.75, 3.05) is 6.54 Å². The van der Waals surface area contributed by atoms with E-state index < -0.39 is 11.8 Å². The minimum Gasteiger partial charge on any atom is -0.477 e. The van der Waals surface area contributed by atoms with E-state index in [-0.39, 0.29) is 5.57 Å². The Morgan fingerprint density at radius 1 is 1.33 bits per heavy atom. The van der Waals surface area contributed by atoms with Gasteiger partial charge in [-0.3, -0.25) is 9.69 Å². The fourth-order valence-corrected chi connectivity index (χ4v) is 3.35. The smallest absolute Gasteiger partial charge is 0.345 e. The number of quaternary nitrogens is 1. The first-order chi connectivity index (χ1) is 10.1. The second kappa shape index (κ2) is 5.23. The lowest BCUT2D eigenvalue weighted by atomic mass is 9.97. The molecule has 0 bridgehead atoms. The molecule has 1 aliphatic heterocycles. The largest absolute Gasteiger partial charge is 0.477 e. The average molecular weight is 301 g/mol. The molecule has 1 aromatic carbocycles. The van der Waals surface area contributed by atoms with E-state index in [0.29, 0.717) is 17.8 Å². The number of aromatic nitrogens is 1. The van der Waals surface area contributed by atoms with Crippen molar-refractivity contribution in [3.8, 4) is 11.3 Å². The average Bonchev–Trinajstić information content (AvgIpc) is 2.94. The molecule has 0 saturated heterocycles. The van der Waals surface area contributed by atoms with Crippen LogP contribution in [0.5, 0.6) is 0 Å². The molecule has 1 aromatic heterocycles. The van der Waals surface area contributed by atoms with Gasteiger partial charge in [-0.1, -0.05) is 30.3 Å². The van der Waals surface area contributed by atoms with Crippen LogP contribution in [0.25, 0.3) is 11.3 Å². The molecule has 0 amide bonds. The van der Waals surface area contributed by atoms with E-state index in [1.165, 1.54) is 17.7 Å². The van der Waals surface area contributed by atoms with Gasteiger partial charge in [0.1, 0.15) is 17.5 Å². The van der Waals surface area contributed by atoms with Crippen LogP contribution in [0.1, 0.15) is 17.3 Å². The molecule has 6 heteroatoms. The number of carbonyl (C=O) groups excluding carboxylic acids is 1. The molecule has 106 valence electrons. The predicted octanol–water partition coefficient (Wildman–Crippen LogP) is 1.51. The van der Waals surface area contributed by atoms with Gasteiger partial charge in [0, 0.05) is 17.1 Å². The molecule has 0 radical (unpaired) electrons. The monoisotopic (exact) mass is 301 g/mol. The number of ketones is 1. The van der Waals surface area contributed by atoms with Gasteiger partial charge >= 0.3 is 5.97 Å². The number of carbonyl (C=O) groups is 2. The Labute approximate surface area is 125 Å². The predicted molar refractivity (Wildman–Crippen MR) is 78.8 cm³/mol. The zero-order valence-electron chi connectivity index (χ0n) is 11.3. The van der Waals surface area contributed by atoms with Gasteiger partial charge in [-0.2, -0.15) is 4.37 Å². The Morgan fingerprint density at radius 2 is 2.05 bits per heavy atom. The third-order valence-electron chi connectivity index (χ3n) is 3.43. The molecular weight excluding hydrogens is 288 g/mol.